The van der Waals surface area contributed by atoms with Gasteiger partial charge in [-0.05, 0) is 24.3 Å². The van der Waals surface area contributed by atoms with Crippen LogP contribution in [0.25, 0.3) is 16.9 Å². The highest BCUT2D eigenvalue weighted by Gasteiger charge is 2.10. The highest BCUT2D eigenvalue weighted by molar-refractivity contribution is 5.84. The van der Waals surface area contributed by atoms with E-state index in [1.54, 1.807) is 43.4 Å². The maximum absolute atomic E-state index is 12.0. The molecule has 0 saturated carbocycles. The normalized spacial score (nSPS) is 10.5. The summed E-state index contributed by atoms with van der Waals surface area (Å²) >= 11 is 0. The third kappa shape index (κ3) is 2.74. The van der Waals surface area contributed by atoms with Gasteiger partial charge in [-0.3, -0.25) is 9.59 Å². The Kier molecular flexibility index (Phi) is 3.83. The van der Waals surface area contributed by atoms with Crippen molar-refractivity contribution in [2.24, 2.45) is 7.05 Å². The van der Waals surface area contributed by atoms with Crippen molar-refractivity contribution in [1.82, 2.24) is 14.3 Å². The standard InChI is InChI=1S/C17H13N3O4/c1-19-14(6-3-7-15(19)21)11-4-2-5-12(10-11)20-16(22)9-8-13(18-20)17(23)24/h2-10H,1H3,(H,23,24). The van der Waals surface area contributed by atoms with Gasteiger partial charge in [0.2, 0.25) is 0 Å². The highest BCUT2D eigenvalue weighted by Crippen LogP contribution is 2.19. The first-order valence-corrected chi connectivity index (χ1v) is 7.08. The van der Waals surface area contributed by atoms with Crippen LogP contribution in [0.2, 0.25) is 0 Å². The zero-order valence-corrected chi connectivity index (χ0v) is 12.7. The van der Waals surface area contributed by atoms with Gasteiger partial charge in [0.25, 0.3) is 11.1 Å². The van der Waals surface area contributed by atoms with Gasteiger partial charge in [-0.1, -0.05) is 18.2 Å². The predicted octanol–water partition coefficient (Wildman–Crippen LogP) is 1.30. The van der Waals surface area contributed by atoms with Gasteiger partial charge in [0.1, 0.15) is 0 Å². The van der Waals surface area contributed by atoms with E-state index in [9.17, 15) is 14.4 Å². The topological polar surface area (TPSA) is 94.2 Å². The van der Waals surface area contributed by atoms with E-state index in [1.807, 2.05) is 0 Å². The van der Waals surface area contributed by atoms with E-state index in [-0.39, 0.29) is 11.3 Å². The number of aromatic carboxylic acids is 1. The molecule has 2 heterocycles. The second kappa shape index (κ2) is 5.96. The monoisotopic (exact) mass is 323 g/mol. The van der Waals surface area contributed by atoms with Crippen LogP contribution in [0.5, 0.6) is 0 Å². The summed E-state index contributed by atoms with van der Waals surface area (Å²) in [7, 11) is 1.65. The van der Waals surface area contributed by atoms with E-state index in [1.165, 1.54) is 10.6 Å². The molecule has 2 aromatic heterocycles. The van der Waals surface area contributed by atoms with Crippen molar-refractivity contribution in [2.75, 3.05) is 0 Å². The van der Waals surface area contributed by atoms with E-state index in [2.05, 4.69) is 5.10 Å². The second-order valence-electron chi connectivity index (χ2n) is 5.13. The van der Waals surface area contributed by atoms with E-state index in [0.717, 1.165) is 16.8 Å². The van der Waals surface area contributed by atoms with Crippen molar-refractivity contribution < 1.29 is 9.90 Å². The number of hydrogen-bond donors (Lipinski definition) is 1. The number of aromatic nitrogens is 3. The van der Waals surface area contributed by atoms with Crippen molar-refractivity contribution in [2.45, 2.75) is 0 Å². The van der Waals surface area contributed by atoms with E-state index < -0.39 is 11.5 Å². The molecule has 1 aromatic carbocycles. The lowest BCUT2D eigenvalue weighted by atomic mass is 10.1. The Hall–Kier alpha value is -3.48. The Morgan fingerprint density at radius 3 is 2.50 bits per heavy atom. The SMILES string of the molecule is Cn1c(-c2cccc(-n3nc(C(=O)O)ccc3=O)c2)cccc1=O. The van der Waals surface area contributed by atoms with Gasteiger partial charge < -0.3 is 9.67 Å². The van der Waals surface area contributed by atoms with Crippen LogP contribution >= 0.6 is 0 Å². The van der Waals surface area contributed by atoms with Gasteiger partial charge in [0, 0.05) is 24.7 Å². The van der Waals surface area contributed by atoms with Gasteiger partial charge >= 0.3 is 5.97 Å². The molecular formula is C17H13N3O4. The third-order valence-electron chi connectivity index (χ3n) is 3.59. The van der Waals surface area contributed by atoms with Crippen LogP contribution in [0.15, 0.2) is 64.2 Å². The van der Waals surface area contributed by atoms with Crippen LogP contribution in [-0.2, 0) is 7.05 Å². The minimum Gasteiger partial charge on any atom is -0.476 e. The molecule has 7 heteroatoms. The molecule has 0 aliphatic heterocycles. The smallest absolute Gasteiger partial charge is 0.356 e. The fourth-order valence-electron chi connectivity index (χ4n) is 2.36. The number of carboxylic acids is 1. The summed E-state index contributed by atoms with van der Waals surface area (Å²) in [5.74, 6) is -1.22. The molecule has 7 nitrogen and oxygen atoms in total. The van der Waals surface area contributed by atoms with Crippen molar-refractivity contribution >= 4 is 5.97 Å². The van der Waals surface area contributed by atoms with Gasteiger partial charge in [-0.25, -0.2) is 4.79 Å². The van der Waals surface area contributed by atoms with Gasteiger partial charge in [-0.15, -0.1) is 0 Å². The van der Waals surface area contributed by atoms with E-state index in [0.29, 0.717) is 16.9 Å². The molecule has 24 heavy (non-hydrogen) atoms. The Morgan fingerprint density at radius 1 is 1.00 bits per heavy atom. The summed E-state index contributed by atoms with van der Waals surface area (Å²) in [5, 5.41) is 12.9. The summed E-state index contributed by atoms with van der Waals surface area (Å²) < 4.78 is 2.51. The van der Waals surface area contributed by atoms with Crippen LogP contribution in [-0.4, -0.2) is 25.4 Å². The average molecular weight is 323 g/mol. The lowest BCUT2D eigenvalue weighted by Gasteiger charge is -2.10. The maximum atomic E-state index is 12.0. The molecule has 0 fully saturated rings. The molecule has 0 bridgehead atoms. The Balaban J connectivity index is 2.17. The number of rotatable bonds is 3. The van der Waals surface area contributed by atoms with E-state index >= 15 is 0 Å². The molecule has 3 aromatic rings. The fraction of sp³-hybridized carbons (Fsp3) is 0.0588. The fourth-order valence-corrected chi connectivity index (χ4v) is 2.36. The lowest BCUT2D eigenvalue weighted by molar-refractivity contribution is 0.0688. The number of carboxylic acid groups (broad SMARTS) is 1. The molecule has 0 atom stereocenters. The average Bonchev–Trinajstić information content (AvgIpc) is 2.57. The van der Waals surface area contributed by atoms with Crippen LogP contribution in [0, 0.1) is 0 Å². The quantitative estimate of drug-likeness (QED) is 0.784. The Bertz CT molecular complexity index is 1050. The van der Waals surface area contributed by atoms with Gasteiger partial charge in [0.05, 0.1) is 11.4 Å². The Labute approximate surface area is 136 Å². The first-order valence-electron chi connectivity index (χ1n) is 7.08. The predicted molar refractivity (Wildman–Crippen MR) is 87.5 cm³/mol. The summed E-state index contributed by atoms with van der Waals surface area (Å²) in [4.78, 5) is 34.8. The molecule has 0 saturated heterocycles. The molecule has 1 N–H and O–H groups in total. The summed E-state index contributed by atoms with van der Waals surface area (Å²) in [6.07, 6.45) is 0. The van der Waals surface area contributed by atoms with Crippen LogP contribution < -0.4 is 11.1 Å². The second-order valence-corrected chi connectivity index (χ2v) is 5.13. The van der Waals surface area contributed by atoms with Gasteiger partial charge in [0.15, 0.2) is 5.69 Å². The summed E-state index contributed by atoms with van der Waals surface area (Å²) in [6.45, 7) is 0. The number of nitrogens with zero attached hydrogens (tertiary/aromatic N) is 3. The number of pyridine rings is 1. The molecule has 120 valence electrons. The van der Waals surface area contributed by atoms with Crippen molar-refractivity contribution in [3.63, 3.8) is 0 Å². The molecular weight excluding hydrogens is 310 g/mol. The maximum Gasteiger partial charge on any atom is 0.356 e. The molecule has 3 rings (SSSR count). The molecule has 0 unspecified atom stereocenters. The largest absolute Gasteiger partial charge is 0.476 e. The minimum absolute atomic E-state index is 0.152. The van der Waals surface area contributed by atoms with Gasteiger partial charge in [-0.2, -0.15) is 9.78 Å². The zero-order valence-electron chi connectivity index (χ0n) is 12.7. The number of carbonyl (C=O) groups is 1. The highest BCUT2D eigenvalue weighted by atomic mass is 16.4. The van der Waals surface area contributed by atoms with Crippen molar-refractivity contribution in [1.29, 1.82) is 0 Å². The van der Waals surface area contributed by atoms with Crippen LogP contribution in [0.3, 0.4) is 0 Å². The molecule has 0 spiro atoms. The van der Waals surface area contributed by atoms with Crippen molar-refractivity contribution in [3.8, 4) is 16.9 Å². The van der Waals surface area contributed by atoms with Crippen LogP contribution in [0.4, 0.5) is 0 Å². The van der Waals surface area contributed by atoms with Crippen LogP contribution in [0.1, 0.15) is 10.5 Å². The molecule has 0 aliphatic rings. The van der Waals surface area contributed by atoms with Crippen molar-refractivity contribution in [3.05, 3.63) is 81.0 Å². The minimum atomic E-state index is -1.22. The lowest BCUT2D eigenvalue weighted by Crippen LogP contribution is -2.22. The molecule has 0 radical (unpaired) electrons. The third-order valence-corrected chi connectivity index (χ3v) is 3.59. The Morgan fingerprint density at radius 2 is 1.75 bits per heavy atom. The summed E-state index contributed by atoms with van der Waals surface area (Å²) in [5.41, 5.74) is 0.970. The number of hydrogen-bond acceptors (Lipinski definition) is 4. The zero-order chi connectivity index (χ0) is 17.3. The summed E-state index contributed by atoms with van der Waals surface area (Å²) in [6, 6.07) is 14.0. The first-order chi connectivity index (χ1) is 11.5. The number of benzene rings is 1. The first kappa shape index (κ1) is 15.4. The molecule has 0 amide bonds. The van der Waals surface area contributed by atoms with E-state index in [4.69, 9.17) is 5.11 Å². The molecule has 0 aliphatic carbocycles.